The van der Waals surface area contributed by atoms with E-state index in [1.165, 1.54) is 0 Å². The number of H-pyrrole nitrogens is 2. The average Bonchev–Trinajstić information content (AvgIpc) is 2.65. The second-order valence-corrected chi connectivity index (χ2v) is 4.22. The number of rotatable bonds is 0. The molecule has 0 amide bonds. The molecule has 0 radical (unpaired) electrons. The zero-order chi connectivity index (χ0) is 12.2. The molecule has 3 N–H and O–H groups in total. The van der Waals surface area contributed by atoms with Gasteiger partial charge in [-0.1, -0.05) is 0 Å². The Balaban J connectivity index is 2.64. The summed E-state index contributed by atoms with van der Waals surface area (Å²) in [7, 11) is 0. The summed E-state index contributed by atoms with van der Waals surface area (Å²) in [6.45, 7) is 3.98. The first-order valence-electron chi connectivity index (χ1n) is 5.28. The lowest BCUT2D eigenvalue weighted by Gasteiger charge is -2.04. The highest BCUT2D eigenvalue weighted by atomic mass is 16.3. The largest absolute Gasteiger partial charge is 0.493 e. The normalized spacial score (nSPS) is 11.4. The van der Waals surface area contributed by atoms with Crippen LogP contribution in [0.15, 0.2) is 16.9 Å². The molecule has 5 nitrogen and oxygen atoms in total. The second kappa shape index (κ2) is 3.10. The van der Waals surface area contributed by atoms with E-state index in [1.54, 1.807) is 0 Å². The van der Waals surface area contributed by atoms with Gasteiger partial charge in [-0.15, -0.1) is 0 Å². The van der Waals surface area contributed by atoms with Crippen molar-refractivity contribution in [3.63, 3.8) is 0 Å². The van der Waals surface area contributed by atoms with Crippen LogP contribution in [0, 0.1) is 13.8 Å². The Labute approximate surface area is 96.1 Å². The molecule has 0 saturated heterocycles. The van der Waals surface area contributed by atoms with Crippen LogP contribution in [0.1, 0.15) is 11.1 Å². The molecule has 0 unspecified atom stereocenters. The number of hydrogen-bond acceptors (Lipinski definition) is 3. The van der Waals surface area contributed by atoms with Crippen LogP contribution in [0.3, 0.4) is 0 Å². The van der Waals surface area contributed by atoms with E-state index in [9.17, 15) is 9.90 Å². The number of pyridine rings is 1. The quantitative estimate of drug-likeness (QED) is 0.549. The van der Waals surface area contributed by atoms with Gasteiger partial charge in [0.1, 0.15) is 5.39 Å². The topological polar surface area (TPSA) is 81.8 Å². The molecule has 3 aromatic rings. The molecule has 2 heterocycles. The maximum atomic E-state index is 11.5. The lowest BCUT2D eigenvalue weighted by molar-refractivity contribution is 0.462. The predicted octanol–water partition coefficient (Wildman–Crippen LogP) is 1.73. The summed E-state index contributed by atoms with van der Waals surface area (Å²) < 4.78 is 0. The average molecular weight is 229 g/mol. The van der Waals surface area contributed by atoms with E-state index in [4.69, 9.17) is 0 Å². The van der Waals surface area contributed by atoms with Gasteiger partial charge in [0.25, 0.3) is 5.56 Å². The summed E-state index contributed by atoms with van der Waals surface area (Å²) in [5.41, 5.74) is 3.13. The Hall–Kier alpha value is -2.30. The number of aromatic nitrogens is 3. The molecule has 3 rings (SSSR count). The van der Waals surface area contributed by atoms with E-state index in [2.05, 4.69) is 15.2 Å². The molecule has 0 saturated carbocycles. The van der Waals surface area contributed by atoms with Crippen LogP contribution < -0.4 is 5.56 Å². The van der Waals surface area contributed by atoms with Crippen molar-refractivity contribution in [2.24, 2.45) is 0 Å². The van der Waals surface area contributed by atoms with Crippen LogP contribution in [-0.2, 0) is 0 Å². The molecule has 0 spiro atoms. The van der Waals surface area contributed by atoms with Gasteiger partial charge < -0.3 is 5.11 Å². The first-order valence-corrected chi connectivity index (χ1v) is 5.28. The van der Waals surface area contributed by atoms with Gasteiger partial charge in [-0.25, -0.2) is 4.98 Å². The highest BCUT2D eigenvalue weighted by Gasteiger charge is 2.13. The molecule has 0 fully saturated rings. The number of aromatic amines is 2. The third kappa shape index (κ3) is 1.25. The third-order valence-electron chi connectivity index (χ3n) is 3.11. The van der Waals surface area contributed by atoms with Crippen molar-refractivity contribution in [1.82, 2.24) is 15.2 Å². The fraction of sp³-hybridized carbons (Fsp3) is 0.167. The summed E-state index contributed by atoms with van der Waals surface area (Å²) in [6.07, 6.45) is 0. The Morgan fingerprint density at radius 1 is 1.18 bits per heavy atom. The van der Waals surface area contributed by atoms with E-state index >= 15 is 0 Å². The highest BCUT2D eigenvalue weighted by molar-refractivity contribution is 6.05. The molecule has 0 aliphatic carbocycles. The van der Waals surface area contributed by atoms with Crippen LogP contribution in [0.25, 0.3) is 21.8 Å². The van der Waals surface area contributed by atoms with Crippen molar-refractivity contribution in [1.29, 1.82) is 0 Å². The van der Waals surface area contributed by atoms with E-state index in [0.717, 1.165) is 16.5 Å². The summed E-state index contributed by atoms with van der Waals surface area (Å²) in [4.78, 5) is 15.6. The Morgan fingerprint density at radius 2 is 1.88 bits per heavy atom. The van der Waals surface area contributed by atoms with Crippen LogP contribution in [0.2, 0.25) is 0 Å². The molecule has 0 atom stereocenters. The monoisotopic (exact) mass is 229 g/mol. The fourth-order valence-corrected chi connectivity index (χ4v) is 2.04. The Bertz CT molecular complexity index is 799. The number of aryl methyl sites for hydroxylation is 2. The molecule has 0 aliphatic rings. The van der Waals surface area contributed by atoms with Crippen molar-refractivity contribution >= 4 is 21.8 Å². The molecule has 5 heteroatoms. The molecular formula is C12H11N3O2. The summed E-state index contributed by atoms with van der Waals surface area (Å²) in [6, 6.07) is 3.86. The van der Waals surface area contributed by atoms with Gasteiger partial charge in [0.05, 0.1) is 11.0 Å². The number of nitrogens with zero attached hydrogens (tertiary/aromatic N) is 1. The van der Waals surface area contributed by atoms with Gasteiger partial charge in [-0.05, 0) is 37.1 Å². The van der Waals surface area contributed by atoms with E-state index < -0.39 is 0 Å². The molecule has 0 aliphatic heterocycles. The minimum atomic E-state index is -0.356. The van der Waals surface area contributed by atoms with Crippen molar-refractivity contribution in [3.8, 4) is 5.88 Å². The van der Waals surface area contributed by atoms with Gasteiger partial charge in [0.2, 0.25) is 5.88 Å². The van der Waals surface area contributed by atoms with Crippen LogP contribution in [0.5, 0.6) is 5.88 Å². The standard InChI is InChI=1S/C12H11N3O2/c1-5-3-7-8(4-6(5)2)13-11(16)9-10(7)14-15-12(9)17/h3-4H,1-2H3,(H,13,16)(H2,14,15,17). The number of hydrogen-bond donors (Lipinski definition) is 3. The maximum absolute atomic E-state index is 11.5. The molecule has 1 aromatic carbocycles. The van der Waals surface area contributed by atoms with E-state index in [1.807, 2.05) is 26.0 Å². The highest BCUT2D eigenvalue weighted by Crippen LogP contribution is 2.27. The fourth-order valence-electron chi connectivity index (χ4n) is 2.04. The summed E-state index contributed by atoms with van der Waals surface area (Å²) in [5.74, 6) is -0.238. The van der Waals surface area contributed by atoms with Crippen molar-refractivity contribution in [2.45, 2.75) is 13.8 Å². The number of benzene rings is 1. The second-order valence-electron chi connectivity index (χ2n) is 4.22. The van der Waals surface area contributed by atoms with Crippen molar-refractivity contribution < 1.29 is 5.11 Å². The maximum Gasteiger partial charge on any atom is 0.277 e. The van der Waals surface area contributed by atoms with Crippen LogP contribution in [-0.4, -0.2) is 20.3 Å². The van der Waals surface area contributed by atoms with Crippen LogP contribution >= 0.6 is 0 Å². The van der Waals surface area contributed by atoms with Gasteiger partial charge in [-0.2, -0.15) is 0 Å². The molecule has 17 heavy (non-hydrogen) atoms. The van der Waals surface area contributed by atoms with Gasteiger partial charge in [-0.3, -0.25) is 15.0 Å². The van der Waals surface area contributed by atoms with Crippen LogP contribution in [0.4, 0.5) is 0 Å². The first kappa shape index (κ1) is 9.89. The van der Waals surface area contributed by atoms with Gasteiger partial charge in [0.15, 0.2) is 0 Å². The van der Waals surface area contributed by atoms with E-state index in [-0.39, 0.29) is 16.8 Å². The SMILES string of the molecule is Cc1cc2nc(O)c3c(=O)[nH][nH]c3c2cc1C. The summed E-state index contributed by atoms with van der Waals surface area (Å²) in [5, 5.41) is 16.0. The molecule has 2 aromatic heterocycles. The van der Waals surface area contributed by atoms with Crippen molar-refractivity contribution in [2.75, 3.05) is 0 Å². The molecule has 86 valence electrons. The third-order valence-corrected chi connectivity index (χ3v) is 3.11. The minimum absolute atomic E-state index is 0.209. The van der Waals surface area contributed by atoms with Crippen molar-refractivity contribution in [3.05, 3.63) is 33.6 Å². The lowest BCUT2D eigenvalue weighted by atomic mass is 10.0. The van der Waals surface area contributed by atoms with Gasteiger partial charge >= 0.3 is 0 Å². The Kier molecular flexibility index (Phi) is 1.80. The smallest absolute Gasteiger partial charge is 0.277 e. The van der Waals surface area contributed by atoms with E-state index in [0.29, 0.717) is 11.0 Å². The Morgan fingerprint density at radius 3 is 2.65 bits per heavy atom. The number of nitrogens with one attached hydrogen (secondary N) is 2. The number of fused-ring (bicyclic) bond motifs is 3. The number of aromatic hydroxyl groups is 1. The molecular weight excluding hydrogens is 218 g/mol. The summed E-state index contributed by atoms with van der Waals surface area (Å²) >= 11 is 0. The molecule has 0 bridgehead atoms. The van der Waals surface area contributed by atoms with Gasteiger partial charge in [0, 0.05) is 5.39 Å². The lowest BCUT2D eigenvalue weighted by Crippen LogP contribution is -1.98. The first-order chi connectivity index (χ1) is 8.08. The predicted molar refractivity (Wildman–Crippen MR) is 65.4 cm³/mol. The zero-order valence-electron chi connectivity index (χ0n) is 9.46. The zero-order valence-corrected chi connectivity index (χ0v) is 9.46. The minimum Gasteiger partial charge on any atom is -0.493 e.